The van der Waals surface area contributed by atoms with E-state index >= 15 is 0 Å². The second-order valence-electron chi connectivity index (χ2n) is 4.37. The molecule has 2 aromatic rings. The van der Waals surface area contributed by atoms with Crippen LogP contribution in [0.3, 0.4) is 0 Å². The zero-order chi connectivity index (χ0) is 14.7. The van der Waals surface area contributed by atoms with Crippen molar-refractivity contribution in [3.8, 4) is 5.75 Å². The third-order valence-corrected chi connectivity index (χ3v) is 3.30. The largest absolute Gasteiger partial charge is 0.507 e. The summed E-state index contributed by atoms with van der Waals surface area (Å²) < 4.78 is 0. The van der Waals surface area contributed by atoms with Gasteiger partial charge in [0.2, 0.25) is 0 Å². The molecule has 2 aromatic carbocycles. The Kier molecular flexibility index (Phi) is 4.48. The number of halogens is 2. The summed E-state index contributed by atoms with van der Waals surface area (Å²) >= 11 is 11.7. The smallest absolute Gasteiger partial charge is 0.192 e. The minimum atomic E-state index is -0.264. The number of allylic oxidation sites excluding steroid dienone is 1. The molecule has 2 rings (SSSR count). The molecule has 0 aromatic heterocycles. The van der Waals surface area contributed by atoms with Crippen LogP contribution in [0.1, 0.15) is 22.8 Å². The van der Waals surface area contributed by atoms with Crippen molar-refractivity contribution < 1.29 is 9.90 Å². The normalized spacial score (nSPS) is 11.4. The second kappa shape index (κ2) is 6.12. The van der Waals surface area contributed by atoms with Gasteiger partial charge < -0.3 is 5.11 Å². The summed E-state index contributed by atoms with van der Waals surface area (Å²) in [5, 5.41) is 10.8. The van der Waals surface area contributed by atoms with E-state index in [9.17, 15) is 9.90 Å². The quantitative estimate of drug-likeness (QED) is 0.641. The molecule has 0 bridgehead atoms. The van der Waals surface area contributed by atoms with Crippen LogP contribution in [0.4, 0.5) is 0 Å². The Hall–Kier alpha value is -1.77. The number of aromatic hydroxyl groups is 1. The molecule has 0 unspecified atom stereocenters. The SMILES string of the molecule is CC(=Cc1ccc(Cl)cc1)C(=O)c1cc(Cl)ccc1O. The lowest BCUT2D eigenvalue weighted by molar-refractivity contribution is 0.103. The third kappa shape index (κ3) is 3.41. The van der Waals surface area contributed by atoms with Crippen molar-refractivity contribution in [3.63, 3.8) is 0 Å². The number of hydrogen-bond donors (Lipinski definition) is 1. The maximum Gasteiger partial charge on any atom is 0.192 e. The van der Waals surface area contributed by atoms with Gasteiger partial charge in [-0.3, -0.25) is 4.79 Å². The lowest BCUT2D eigenvalue weighted by Gasteiger charge is -2.05. The van der Waals surface area contributed by atoms with Gasteiger partial charge in [-0.1, -0.05) is 35.3 Å². The summed E-state index contributed by atoms with van der Waals surface area (Å²) in [6.45, 7) is 1.69. The van der Waals surface area contributed by atoms with Crippen molar-refractivity contribution in [3.05, 3.63) is 69.2 Å². The van der Waals surface area contributed by atoms with Gasteiger partial charge in [0, 0.05) is 10.0 Å². The zero-order valence-electron chi connectivity index (χ0n) is 10.7. The average Bonchev–Trinajstić information content (AvgIpc) is 2.43. The Morgan fingerprint density at radius 3 is 2.30 bits per heavy atom. The molecular formula is C16H12Cl2O2. The van der Waals surface area contributed by atoms with E-state index in [0.717, 1.165) is 5.56 Å². The molecule has 0 heterocycles. The fraction of sp³-hybridized carbons (Fsp3) is 0.0625. The van der Waals surface area contributed by atoms with Gasteiger partial charge >= 0.3 is 0 Å². The Balaban J connectivity index is 2.32. The Morgan fingerprint density at radius 1 is 1.05 bits per heavy atom. The van der Waals surface area contributed by atoms with Gasteiger partial charge in [-0.05, 0) is 54.5 Å². The molecule has 0 radical (unpaired) electrons. The molecule has 0 aliphatic heterocycles. The highest BCUT2D eigenvalue weighted by molar-refractivity contribution is 6.31. The number of carbonyl (C=O) groups is 1. The molecule has 102 valence electrons. The molecule has 0 spiro atoms. The van der Waals surface area contributed by atoms with Crippen molar-refractivity contribution in [2.75, 3.05) is 0 Å². The highest BCUT2D eigenvalue weighted by Gasteiger charge is 2.13. The van der Waals surface area contributed by atoms with Crippen molar-refractivity contribution >= 4 is 35.1 Å². The number of hydrogen-bond acceptors (Lipinski definition) is 2. The summed E-state index contributed by atoms with van der Waals surface area (Å²) in [6.07, 6.45) is 1.74. The van der Waals surface area contributed by atoms with E-state index in [1.807, 2.05) is 12.1 Å². The number of phenols is 1. The van der Waals surface area contributed by atoms with Crippen LogP contribution in [0, 0.1) is 0 Å². The van der Waals surface area contributed by atoms with E-state index in [1.165, 1.54) is 18.2 Å². The molecule has 2 nitrogen and oxygen atoms in total. The van der Waals surface area contributed by atoms with E-state index in [4.69, 9.17) is 23.2 Å². The van der Waals surface area contributed by atoms with Crippen LogP contribution in [-0.4, -0.2) is 10.9 Å². The highest BCUT2D eigenvalue weighted by atomic mass is 35.5. The van der Waals surface area contributed by atoms with Gasteiger partial charge in [-0.25, -0.2) is 0 Å². The fourth-order valence-electron chi connectivity index (χ4n) is 1.78. The van der Waals surface area contributed by atoms with E-state index in [-0.39, 0.29) is 17.1 Å². The van der Waals surface area contributed by atoms with E-state index in [0.29, 0.717) is 15.6 Å². The van der Waals surface area contributed by atoms with Crippen LogP contribution < -0.4 is 0 Å². The average molecular weight is 307 g/mol. The summed E-state index contributed by atoms with van der Waals surface area (Å²) in [5.41, 5.74) is 1.56. The van der Waals surface area contributed by atoms with Gasteiger partial charge in [0.15, 0.2) is 5.78 Å². The summed E-state index contributed by atoms with van der Waals surface area (Å²) in [5.74, 6) is -0.344. The lowest BCUT2D eigenvalue weighted by atomic mass is 10.0. The standard InChI is InChI=1S/C16H12Cl2O2/c1-10(8-11-2-4-12(17)5-3-11)16(20)14-9-13(18)6-7-15(14)19/h2-9,19H,1H3. The Labute approximate surface area is 127 Å². The molecule has 0 saturated carbocycles. The molecule has 4 heteroatoms. The molecular weight excluding hydrogens is 295 g/mol. The molecule has 0 aliphatic rings. The number of ketones is 1. The molecule has 0 atom stereocenters. The number of Topliss-reactive ketones (excluding diaryl/α,β-unsaturated/α-hetero) is 1. The first kappa shape index (κ1) is 14.6. The summed E-state index contributed by atoms with van der Waals surface area (Å²) in [4.78, 5) is 12.3. The molecule has 0 aliphatic carbocycles. The minimum Gasteiger partial charge on any atom is -0.507 e. The molecule has 1 N–H and O–H groups in total. The predicted molar refractivity (Wildman–Crippen MR) is 82.6 cm³/mol. The van der Waals surface area contributed by atoms with Gasteiger partial charge in [0.05, 0.1) is 5.56 Å². The first-order valence-electron chi connectivity index (χ1n) is 5.94. The van der Waals surface area contributed by atoms with Gasteiger partial charge in [0.1, 0.15) is 5.75 Å². The van der Waals surface area contributed by atoms with Crippen LogP contribution >= 0.6 is 23.2 Å². The second-order valence-corrected chi connectivity index (χ2v) is 5.24. The number of rotatable bonds is 3. The van der Waals surface area contributed by atoms with Gasteiger partial charge in [-0.2, -0.15) is 0 Å². The van der Waals surface area contributed by atoms with Gasteiger partial charge in [-0.15, -0.1) is 0 Å². The maximum absolute atomic E-state index is 12.3. The van der Waals surface area contributed by atoms with Gasteiger partial charge in [0.25, 0.3) is 0 Å². The minimum absolute atomic E-state index is 0.0803. The highest BCUT2D eigenvalue weighted by Crippen LogP contribution is 2.24. The number of carbonyl (C=O) groups excluding carboxylic acids is 1. The lowest BCUT2D eigenvalue weighted by Crippen LogP contribution is -2.01. The summed E-state index contributed by atoms with van der Waals surface area (Å²) in [7, 11) is 0. The van der Waals surface area contributed by atoms with Crippen LogP contribution in [0.2, 0.25) is 10.0 Å². The van der Waals surface area contributed by atoms with Crippen molar-refractivity contribution in [1.82, 2.24) is 0 Å². The first-order chi connectivity index (χ1) is 9.47. The maximum atomic E-state index is 12.3. The van der Waals surface area contributed by atoms with Crippen molar-refractivity contribution in [2.24, 2.45) is 0 Å². The predicted octanol–water partition coefficient (Wildman–Crippen LogP) is 4.99. The van der Waals surface area contributed by atoms with Crippen LogP contribution in [0.15, 0.2) is 48.0 Å². The third-order valence-electron chi connectivity index (χ3n) is 2.81. The first-order valence-corrected chi connectivity index (χ1v) is 6.70. The number of benzene rings is 2. The molecule has 20 heavy (non-hydrogen) atoms. The topological polar surface area (TPSA) is 37.3 Å². The number of phenolic OH excluding ortho intramolecular Hbond substituents is 1. The molecule has 0 saturated heterocycles. The van der Waals surface area contributed by atoms with Crippen LogP contribution in [-0.2, 0) is 0 Å². The molecule has 0 fully saturated rings. The van der Waals surface area contributed by atoms with E-state index in [2.05, 4.69) is 0 Å². The van der Waals surface area contributed by atoms with Crippen LogP contribution in [0.5, 0.6) is 5.75 Å². The van der Waals surface area contributed by atoms with Crippen molar-refractivity contribution in [1.29, 1.82) is 0 Å². The Morgan fingerprint density at radius 2 is 1.65 bits per heavy atom. The summed E-state index contributed by atoms with van der Waals surface area (Å²) in [6, 6.07) is 11.5. The zero-order valence-corrected chi connectivity index (χ0v) is 12.2. The van der Waals surface area contributed by atoms with E-state index < -0.39 is 0 Å². The monoisotopic (exact) mass is 306 g/mol. The Bertz CT molecular complexity index is 673. The van der Waals surface area contributed by atoms with Crippen molar-refractivity contribution in [2.45, 2.75) is 6.92 Å². The van der Waals surface area contributed by atoms with Crippen LogP contribution in [0.25, 0.3) is 6.08 Å². The fourth-order valence-corrected chi connectivity index (χ4v) is 2.08. The molecule has 0 amide bonds. The van der Waals surface area contributed by atoms with E-state index in [1.54, 1.807) is 25.1 Å².